The zero-order chi connectivity index (χ0) is 16.6. The van der Waals surface area contributed by atoms with E-state index in [1.807, 2.05) is 6.07 Å². The van der Waals surface area contributed by atoms with E-state index in [-0.39, 0.29) is 0 Å². The molecule has 0 saturated heterocycles. The minimum Gasteiger partial charge on any atom is -0.355 e. The summed E-state index contributed by atoms with van der Waals surface area (Å²) >= 11 is 0. The normalized spacial score (nSPS) is 11.2. The van der Waals surface area contributed by atoms with Crippen LogP contribution in [0.1, 0.15) is 0 Å². The minimum absolute atomic E-state index is 1.10. The molecule has 1 heteroatoms. The van der Waals surface area contributed by atoms with Gasteiger partial charge in [-0.05, 0) is 57.3 Å². The van der Waals surface area contributed by atoms with E-state index in [9.17, 15) is 0 Å². The van der Waals surface area contributed by atoms with E-state index in [0.717, 1.165) is 11.4 Å². The zero-order valence-corrected chi connectivity index (χ0v) is 13.7. The maximum atomic E-state index is 3.59. The molecule has 0 aliphatic heterocycles. The Hall–Kier alpha value is -3.32. The maximum Gasteiger partial charge on any atom is 0.0470 e. The van der Waals surface area contributed by atoms with Gasteiger partial charge in [0.05, 0.1) is 0 Å². The molecule has 0 radical (unpaired) electrons. The van der Waals surface area contributed by atoms with E-state index in [4.69, 9.17) is 0 Å². The van der Waals surface area contributed by atoms with Gasteiger partial charge >= 0.3 is 0 Å². The average Bonchev–Trinajstić information content (AvgIpc) is 2.67. The van der Waals surface area contributed by atoms with Crippen molar-refractivity contribution in [1.82, 2.24) is 0 Å². The minimum atomic E-state index is 1.10. The van der Waals surface area contributed by atoms with Crippen LogP contribution < -0.4 is 5.32 Å². The number of benzene rings is 5. The Morgan fingerprint density at radius 2 is 1.16 bits per heavy atom. The number of rotatable bonds is 2. The Bertz CT molecular complexity index is 1210. The van der Waals surface area contributed by atoms with Gasteiger partial charge in [0.1, 0.15) is 0 Å². The zero-order valence-electron chi connectivity index (χ0n) is 13.7. The highest BCUT2D eigenvalue weighted by Crippen LogP contribution is 2.35. The van der Waals surface area contributed by atoms with Crippen LogP contribution in [0.2, 0.25) is 0 Å². The van der Waals surface area contributed by atoms with E-state index in [0.29, 0.717) is 0 Å². The molecule has 0 aromatic heterocycles. The summed E-state index contributed by atoms with van der Waals surface area (Å²) in [6.07, 6.45) is 0. The Morgan fingerprint density at radius 1 is 0.480 bits per heavy atom. The van der Waals surface area contributed by atoms with Crippen molar-refractivity contribution < 1.29 is 0 Å². The van der Waals surface area contributed by atoms with Gasteiger partial charge in [-0.2, -0.15) is 0 Å². The summed E-state index contributed by atoms with van der Waals surface area (Å²) < 4.78 is 0. The highest BCUT2D eigenvalue weighted by molar-refractivity contribution is 6.17. The molecule has 5 aromatic carbocycles. The lowest BCUT2D eigenvalue weighted by atomic mass is 9.97. The molecule has 25 heavy (non-hydrogen) atoms. The van der Waals surface area contributed by atoms with Gasteiger partial charge in [-0.3, -0.25) is 0 Å². The number of hydrogen-bond donors (Lipinski definition) is 1. The molecule has 5 rings (SSSR count). The molecule has 0 spiro atoms. The van der Waals surface area contributed by atoms with Crippen molar-refractivity contribution in [3.63, 3.8) is 0 Å². The lowest BCUT2D eigenvalue weighted by Gasteiger charge is -2.13. The van der Waals surface area contributed by atoms with Crippen LogP contribution in [-0.4, -0.2) is 0 Å². The summed E-state index contributed by atoms with van der Waals surface area (Å²) in [4.78, 5) is 0. The number of anilines is 2. The van der Waals surface area contributed by atoms with E-state index < -0.39 is 0 Å². The molecule has 0 fully saturated rings. The van der Waals surface area contributed by atoms with Gasteiger partial charge in [-0.1, -0.05) is 66.7 Å². The summed E-state index contributed by atoms with van der Waals surface area (Å²) in [5.74, 6) is 0. The van der Waals surface area contributed by atoms with Crippen molar-refractivity contribution in [3.05, 3.63) is 97.1 Å². The van der Waals surface area contributed by atoms with Gasteiger partial charge in [0, 0.05) is 16.8 Å². The monoisotopic (exact) mass is 319 g/mol. The first-order valence-corrected chi connectivity index (χ1v) is 8.55. The lowest BCUT2D eigenvalue weighted by Crippen LogP contribution is -1.92. The largest absolute Gasteiger partial charge is 0.355 e. The van der Waals surface area contributed by atoms with Crippen LogP contribution in [0.5, 0.6) is 0 Å². The van der Waals surface area contributed by atoms with Gasteiger partial charge in [0.2, 0.25) is 0 Å². The second-order valence-corrected chi connectivity index (χ2v) is 6.38. The fourth-order valence-corrected chi connectivity index (χ4v) is 3.58. The number of fused-ring (bicyclic) bond motifs is 4. The Balaban J connectivity index is 1.82. The molecule has 0 bridgehead atoms. The van der Waals surface area contributed by atoms with E-state index in [1.165, 1.54) is 32.3 Å². The quantitative estimate of drug-likeness (QED) is 0.276. The first-order valence-electron chi connectivity index (χ1n) is 8.55. The van der Waals surface area contributed by atoms with Gasteiger partial charge in [-0.15, -0.1) is 0 Å². The highest BCUT2D eigenvalue weighted by Gasteiger charge is 2.07. The molecule has 0 aliphatic carbocycles. The number of para-hydroxylation sites is 1. The maximum absolute atomic E-state index is 3.59. The third-order valence-electron chi connectivity index (χ3n) is 4.78. The number of hydrogen-bond acceptors (Lipinski definition) is 1. The van der Waals surface area contributed by atoms with Crippen LogP contribution in [0.3, 0.4) is 0 Å². The second-order valence-electron chi connectivity index (χ2n) is 6.38. The number of nitrogens with one attached hydrogen (secondary N) is 1. The Kier molecular flexibility index (Phi) is 3.17. The standard InChI is InChI=1S/C24H17N/c1-2-10-21(11-3-1)25-23-12-6-9-17-13-14-20-15-18-7-4-5-8-19(18)16-22(20)24(17)23/h1-16,25H. The smallest absolute Gasteiger partial charge is 0.0470 e. The molecule has 0 saturated carbocycles. The molecule has 1 nitrogen and oxygen atoms in total. The predicted octanol–water partition coefficient (Wildman–Crippen LogP) is 6.89. The summed E-state index contributed by atoms with van der Waals surface area (Å²) in [5.41, 5.74) is 2.25. The molecule has 0 heterocycles. The molecule has 0 amide bonds. The van der Waals surface area contributed by atoms with Crippen LogP contribution in [0.25, 0.3) is 32.3 Å². The van der Waals surface area contributed by atoms with Crippen molar-refractivity contribution in [3.8, 4) is 0 Å². The average molecular weight is 319 g/mol. The van der Waals surface area contributed by atoms with Crippen LogP contribution in [0, 0.1) is 0 Å². The Labute approximate surface area is 146 Å². The highest BCUT2D eigenvalue weighted by atomic mass is 14.9. The molecule has 0 unspecified atom stereocenters. The van der Waals surface area contributed by atoms with Gasteiger partial charge < -0.3 is 5.32 Å². The van der Waals surface area contributed by atoms with E-state index in [2.05, 4.69) is 96.3 Å². The first kappa shape index (κ1) is 14.1. The summed E-state index contributed by atoms with van der Waals surface area (Å²) in [5, 5.41) is 11.2. The molecule has 5 aromatic rings. The summed E-state index contributed by atoms with van der Waals surface area (Å²) in [7, 11) is 0. The second kappa shape index (κ2) is 5.64. The van der Waals surface area contributed by atoms with E-state index >= 15 is 0 Å². The van der Waals surface area contributed by atoms with Crippen molar-refractivity contribution in [1.29, 1.82) is 0 Å². The third kappa shape index (κ3) is 2.41. The fraction of sp³-hybridized carbons (Fsp3) is 0. The van der Waals surface area contributed by atoms with E-state index in [1.54, 1.807) is 0 Å². The topological polar surface area (TPSA) is 12.0 Å². The van der Waals surface area contributed by atoms with Crippen LogP contribution in [-0.2, 0) is 0 Å². The van der Waals surface area contributed by atoms with Crippen LogP contribution in [0.4, 0.5) is 11.4 Å². The van der Waals surface area contributed by atoms with Crippen molar-refractivity contribution >= 4 is 43.7 Å². The van der Waals surface area contributed by atoms with Gasteiger partial charge in [-0.25, -0.2) is 0 Å². The van der Waals surface area contributed by atoms with Gasteiger partial charge in [0.15, 0.2) is 0 Å². The van der Waals surface area contributed by atoms with Crippen molar-refractivity contribution in [2.24, 2.45) is 0 Å². The van der Waals surface area contributed by atoms with Gasteiger partial charge in [0.25, 0.3) is 0 Å². The molecule has 1 N–H and O–H groups in total. The predicted molar refractivity (Wildman–Crippen MR) is 109 cm³/mol. The molecule has 0 aliphatic rings. The van der Waals surface area contributed by atoms with Crippen LogP contribution in [0.15, 0.2) is 97.1 Å². The first-order chi connectivity index (χ1) is 12.4. The SMILES string of the molecule is c1ccc(Nc2cccc3ccc4cc5ccccc5cc4c23)cc1. The van der Waals surface area contributed by atoms with Crippen LogP contribution >= 0.6 is 0 Å². The lowest BCUT2D eigenvalue weighted by molar-refractivity contribution is 1.58. The molecular formula is C24H17N. The Morgan fingerprint density at radius 3 is 2.00 bits per heavy atom. The summed E-state index contributed by atoms with van der Waals surface area (Å²) in [6.45, 7) is 0. The molecule has 0 atom stereocenters. The molecular weight excluding hydrogens is 302 g/mol. The van der Waals surface area contributed by atoms with Crippen molar-refractivity contribution in [2.45, 2.75) is 0 Å². The summed E-state index contributed by atoms with van der Waals surface area (Å²) in [6, 6.07) is 34.4. The van der Waals surface area contributed by atoms with Crippen molar-refractivity contribution in [2.75, 3.05) is 5.32 Å². The third-order valence-corrected chi connectivity index (χ3v) is 4.78. The molecule has 118 valence electrons. The fourth-order valence-electron chi connectivity index (χ4n) is 3.58.